The first-order valence-corrected chi connectivity index (χ1v) is 7.80. The van der Waals surface area contributed by atoms with Crippen molar-refractivity contribution in [2.24, 2.45) is 10.7 Å². The molecule has 0 unspecified atom stereocenters. The molecule has 1 aliphatic rings. The molecule has 0 fully saturated rings. The summed E-state index contributed by atoms with van der Waals surface area (Å²) in [7, 11) is 1.69. The number of nitrogens with zero attached hydrogens (tertiary/aromatic N) is 1. The first-order chi connectivity index (χ1) is 10.2. The van der Waals surface area contributed by atoms with E-state index in [4.69, 9.17) is 10.5 Å². The molecule has 1 aromatic carbocycles. The normalized spacial score (nSPS) is 15.7. The summed E-state index contributed by atoms with van der Waals surface area (Å²) in [5.41, 5.74) is 9.34. The smallest absolute Gasteiger partial charge is 0.0958 e. The molecule has 0 heterocycles. The summed E-state index contributed by atoms with van der Waals surface area (Å²) < 4.78 is 5.24. The van der Waals surface area contributed by atoms with Gasteiger partial charge in [0.15, 0.2) is 0 Å². The minimum Gasteiger partial charge on any atom is -0.501 e. The van der Waals surface area contributed by atoms with Gasteiger partial charge >= 0.3 is 0 Å². The van der Waals surface area contributed by atoms with Crippen LogP contribution in [0.4, 0.5) is 0 Å². The summed E-state index contributed by atoms with van der Waals surface area (Å²) in [4.78, 5) is 4.12. The Balaban J connectivity index is 2.10. The van der Waals surface area contributed by atoms with E-state index in [0.29, 0.717) is 0 Å². The van der Waals surface area contributed by atoms with Gasteiger partial charge in [-0.1, -0.05) is 36.4 Å². The van der Waals surface area contributed by atoms with Gasteiger partial charge in [-0.25, -0.2) is 0 Å². The van der Waals surface area contributed by atoms with Crippen LogP contribution >= 0.6 is 11.8 Å². The molecule has 0 aromatic heterocycles. The van der Waals surface area contributed by atoms with E-state index in [1.165, 1.54) is 5.56 Å². The lowest BCUT2D eigenvalue weighted by Crippen LogP contribution is -2.03. The van der Waals surface area contributed by atoms with Gasteiger partial charge in [0, 0.05) is 12.2 Å². The molecule has 1 aliphatic carbocycles. The quantitative estimate of drug-likeness (QED) is 0.808. The molecule has 0 saturated heterocycles. The molecule has 4 heteroatoms. The molecule has 0 atom stereocenters. The van der Waals surface area contributed by atoms with Crippen molar-refractivity contribution >= 4 is 18.5 Å². The molecule has 1 aromatic rings. The first-order valence-electron chi connectivity index (χ1n) is 6.82. The fourth-order valence-corrected chi connectivity index (χ4v) is 2.97. The van der Waals surface area contributed by atoms with Crippen molar-refractivity contribution < 1.29 is 4.74 Å². The average molecular weight is 300 g/mol. The fourth-order valence-electron chi connectivity index (χ4n) is 2.13. The molecule has 21 heavy (non-hydrogen) atoms. The van der Waals surface area contributed by atoms with Gasteiger partial charge in [-0.15, -0.1) is 11.8 Å². The summed E-state index contributed by atoms with van der Waals surface area (Å²) in [6, 6.07) is 10.3. The third kappa shape index (κ3) is 4.26. The third-order valence-electron chi connectivity index (χ3n) is 3.31. The molecular formula is C17H20N2OS. The second-order valence-electron chi connectivity index (χ2n) is 4.67. The molecular weight excluding hydrogens is 280 g/mol. The summed E-state index contributed by atoms with van der Waals surface area (Å²) >= 11 is 1.59. The van der Waals surface area contributed by atoms with Crippen molar-refractivity contribution in [1.29, 1.82) is 0 Å². The SMILES string of the molecule is C=N/C(C1=CC=C(OC)CC1)=C(/N)SCc1ccccc1. The minimum absolute atomic E-state index is 0.717. The van der Waals surface area contributed by atoms with E-state index in [2.05, 4.69) is 23.8 Å². The Morgan fingerprint density at radius 1 is 1.29 bits per heavy atom. The highest BCUT2D eigenvalue weighted by molar-refractivity contribution is 8.02. The predicted molar refractivity (Wildman–Crippen MR) is 90.9 cm³/mol. The molecule has 0 aliphatic heterocycles. The zero-order valence-corrected chi connectivity index (χ0v) is 13.0. The highest BCUT2D eigenvalue weighted by Crippen LogP contribution is 2.30. The Bertz CT molecular complexity index is 588. The Labute approximate surface area is 130 Å². The standard InChI is InChI=1S/C17H20N2OS/c1-19-16(14-8-10-15(20-2)11-9-14)17(18)21-12-13-6-4-3-5-7-13/h3-8,10H,1,9,11-12,18H2,2H3/b17-16-. The predicted octanol–water partition coefficient (Wildman–Crippen LogP) is 4.00. The molecule has 0 spiro atoms. The van der Waals surface area contributed by atoms with Gasteiger partial charge in [-0.2, -0.15) is 0 Å². The molecule has 2 rings (SSSR count). The highest BCUT2D eigenvalue weighted by Gasteiger charge is 2.13. The van der Waals surface area contributed by atoms with Crippen LogP contribution in [0.25, 0.3) is 0 Å². The number of nitrogens with two attached hydrogens (primary N) is 1. The van der Waals surface area contributed by atoms with Crippen LogP contribution in [0.1, 0.15) is 18.4 Å². The summed E-state index contributed by atoms with van der Waals surface area (Å²) in [6.07, 6.45) is 5.74. The average Bonchev–Trinajstić information content (AvgIpc) is 2.55. The van der Waals surface area contributed by atoms with Gasteiger partial charge in [0.2, 0.25) is 0 Å². The number of thioether (sulfide) groups is 1. The molecule has 0 radical (unpaired) electrons. The number of rotatable bonds is 6. The highest BCUT2D eigenvalue weighted by atomic mass is 32.2. The lowest BCUT2D eigenvalue weighted by Gasteiger charge is -2.15. The van der Waals surface area contributed by atoms with Crippen LogP contribution < -0.4 is 5.73 Å². The number of ether oxygens (including phenoxy) is 1. The largest absolute Gasteiger partial charge is 0.501 e. The first kappa shape index (κ1) is 15.4. The van der Waals surface area contributed by atoms with Crippen molar-refractivity contribution in [1.82, 2.24) is 0 Å². The molecule has 3 nitrogen and oxygen atoms in total. The van der Waals surface area contributed by atoms with Crippen LogP contribution in [0.3, 0.4) is 0 Å². The van der Waals surface area contributed by atoms with Crippen LogP contribution in [-0.4, -0.2) is 13.8 Å². The zero-order valence-electron chi connectivity index (χ0n) is 12.2. The second kappa shape index (κ2) is 7.74. The zero-order chi connectivity index (χ0) is 15.1. The number of aliphatic imine (C=N–C) groups is 1. The molecule has 0 bridgehead atoms. The second-order valence-corrected chi connectivity index (χ2v) is 5.69. The Morgan fingerprint density at radius 2 is 2.05 bits per heavy atom. The molecule has 110 valence electrons. The van der Waals surface area contributed by atoms with Gasteiger partial charge in [-0.05, 0) is 30.4 Å². The summed E-state index contributed by atoms with van der Waals surface area (Å²) in [6.45, 7) is 3.66. The topological polar surface area (TPSA) is 47.6 Å². The van der Waals surface area contributed by atoms with Gasteiger partial charge in [0.05, 0.1) is 23.6 Å². The Hall–Kier alpha value is -1.94. The maximum Gasteiger partial charge on any atom is 0.0958 e. The van der Waals surface area contributed by atoms with Crippen molar-refractivity contribution in [2.75, 3.05) is 7.11 Å². The van der Waals surface area contributed by atoms with E-state index in [-0.39, 0.29) is 0 Å². The lowest BCUT2D eigenvalue weighted by atomic mass is 10.0. The fraction of sp³-hybridized carbons (Fsp3) is 0.235. The van der Waals surface area contributed by atoms with Gasteiger partial charge in [0.1, 0.15) is 0 Å². The lowest BCUT2D eigenvalue weighted by molar-refractivity contribution is 0.276. The van der Waals surface area contributed by atoms with E-state index in [0.717, 1.165) is 40.7 Å². The van der Waals surface area contributed by atoms with E-state index in [9.17, 15) is 0 Å². The van der Waals surface area contributed by atoms with Crippen LogP contribution in [0.5, 0.6) is 0 Å². The van der Waals surface area contributed by atoms with Crippen molar-refractivity contribution in [3.05, 3.63) is 70.1 Å². The van der Waals surface area contributed by atoms with Gasteiger partial charge in [0.25, 0.3) is 0 Å². The number of allylic oxidation sites excluding steroid dienone is 4. The molecule has 0 saturated carbocycles. The van der Waals surface area contributed by atoms with Crippen molar-refractivity contribution in [3.63, 3.8) is 0 Å². The third-order valence-corrected chi connectivity index (χ3v) is 4.29. The van der Waals surface area contributed by atoms with Crippen LogP contribution in [0.15, 0.2) is 69.5 Å². The van der Waals surface area contributed by atoms with Crippen LogP contribution in [0.2, 0.25) is 0 Å². The maximum absolute atomic E-state index is 6.19. The monoisotopic (exact) mass is 300 g/mol. The van der Waals surface area contributed by atoms with Gasteiger partial charge in [-0.3, -0.25) is 4.99 Å². The Morgan fingerprint density at radius 3 is 2.62 bits per heavy atom. The van der Waals surface area contributed by atoms with E-state index >= 15 is 0 Å². The van der Waals surface area contributed by atoms with Crippen LogP contribution in [0, 0.1) is 0 Å². The number of hydrogen-bond acceptors (Lipinski definition) is 4. The summed E-state index contributed by atoms with van der Waals surface area (Å²) in [5.74, 6) is 1.82. The van der Waals surface area contributed by atoms with Crippen molar-refractivity contribution in [3.8, 4) is 0 Å². The molecule has 2 N–H and O–H groups in total. The van der Waals surface area contributed by atoms with Gasteiger partial charge < -0.3 is 10.5 Å². The van der Waals surface area contributed by atoms with Crippen LogP contribution in [-0.2, 0) is 10.5 Å². The van der Waals surface area contributed by atoms with Crippen molar-refractivity contribution in [2.45, 2.75) is 18.6 Å². The number of hydrogen-bond donors (Lipinski definition) is 1. The number of methoxy groups -OCH3 is 1. The Kier molecular flexibility index (Phi) is 5.69. The maximum atomic E-state index is 6.19. The number of benzene rings is 1. The van der Waals surface area contributed by atoms with E-state index < -0.39 is 0 Å². The molecule has 0 amide bonds. The van der Waals surface area contributed by atoms with E-state index in [1.807, 2.05) is 30.4 Å². The minimum atomic E-state index is 0.717. The summed E-state index contributed by atoms with van der Waals surface area (Å²) in [5, 5.41) is 0.717. The van der Waals surface area contributed by atoms with E-state index in [1.54, 1.807) is 18.9 Å².